The SMILES string of the molecule is CC(C)(C)C#C/C=C/C(O)O. The van der Waals surface area contributed by atoms with Crippen LogP contribution in [0.5, 0.6) is 0 Å². The van der Waals surface area contributed by atoms with Crippen molar-refractivity contribution in [2.75, 3.05) is 0 Å². The molecule has 0 atom stereocenters. The van der Waals surface area contributed by atoms with E-state index in [2.05, 4.69) is 11.8 Å². The number of allylic oxidation sites excluding steroid dienone is 1. The van der Waals surface area contributed by atoms with Gasteiger partial charge in [-0.1, -0.05) is 11.8 Å². The first kappa shape index (κ1) is 10.2. The van der Waals surface area contributed by atoms with Gasteiger partial charge in [0.15, 0.2) is 6.29 Å². The van der Waals surface area contributed by atoms with Gasteiger partial charge in [0, 0.05) is 5.41 Å². The highest BCUT2D eigenvalue weighted by Gasteiger charge is 2.02. The maximum Gasteiger partial charge on any atom is 0.172 e. The molecule has 0 bridgehead atoms. The van der Waals surface area contributed by atoms with E-state index in [1.54, 1.807) is 0 Å². The van der Waals surface area contributed by atoms with Crippen molar-refractivity contribution in [3.8, 4) is 11.8 Å². The lowest BCUT2D eigenvalue weighted by Crippen LogP contribution is -1.99. The second-order valence-electron chi connectivity index (χ2n) is 3.29. The summed E-state index contributed by atoms with van der Waals surface area (Å²) in [5.74, 6) is 5.62. The van der Waals surface area contributed by atoms with Crippen molar-refractivity contribution in [2.24, 2.45) is 5.41 Å². The zero-order valence-corrected chi connectivity index (χ0v) is 7.13. The number of rotatable bonds is 1. The largest absolute Gasteiger partial charge is 0.365 e. The van der Waals surface area contributed by atoms with Crippen molar-refractivity contribution < 1.29 is 10.2 Å². The Morgan fingerprint density at radius 3 is 2.18 bits per heavy atom. The molecular weight excluding hydrogens is 140 g/mol. The summed E-state index contributed by atoms with van der Waals surface area (Å²) in [7, 11) is 0. The van der Waals surface area contributed by atoms with Crippen LogP contribution in [0.1, 0.15) is 20.8 Å². The maximum atomic E-state index is 8.38. The van der Waals surface area contributed by atoms with Gasteiger partial charge >= 0.3 is 0 Å². The van der Waals surface area contributed by atoms with Crippen molar-refractivity contribution in [1.82, 2.24) is 0 Å². The summed E-state index contributed by atoms with van der Waals surface area (Å²) in [6, 6.07) is 0. The molecule has 0 aliphatic heterocycles. The molecule has 0 radical (unpaired) electrons. The summed E-state index contributed by atoms with van der Waals surface area (Å²) >= 11 is 0. The lowest BCUT2D eigenvalue weighted by Gasteiger charge is -2.05. The van der Waals surface area contributed by atoms with Crippen LogP contribution in [0.2, 0.25) is 0 Å². The smallest absolute Gasteiger partial charge is 0.172 e. The van der Waals surface area contributed by atoms with Crippen LogP contribution >= 0.6 is 0 Å². The molecule has 0 unspecified atom stereocenters. The van der Waals surface area contributed by atoms with E-state index < -0.39 is 6.29 Å². The third-order valence-corrected chi connectivity index (χ3v) is 0.799. The number of hydrogen-bond donors (Lipinski definition) is 2. The second-order valence-corrected chi connectivity index (χ2v) is 3.29. The molecule has 2 nitrogen and oxygen atoms in total. The fourth-order valence-corrected chi connectivity index (χ4v) is 0.392. The molecule has 0 spiro atoms. The molecule has 0 fully saturated rings. The molecule has 0 amide bonds. The van der Waals surface area contributed by atoms with Crippen molar-refractivity contribution in [3.05, 3.63) is 12.2 Å². The number of aliphatic hydroxyl groups excluding tert-OH is 1. The van der Waals surface area contributed by atoms with Gasteiger partial charge in [0.05, 0.1) is 0 Å². The van der Waals surface area contributed by atoms with Crippen LogP contribution in [0, 0.1) is 17.3 Å². The predicted molar refractivity (Wildman–Crippen MR) is 44.6 cm³/mol. The average Bonchev–Trinajstić information content (AvgIpc) is 1.78. The minimum absolute atomic E-state index is 0.0370. The Hall–Kier alpha value is -0.780. The topological polar surface area (TPSA) is 40.5 Å². The molecule has 0 rings (SSSR count). The summed E-state index contributed by atoms with van der Waals surface area (Å²) in [5, 5.41) is 16.8. The molecular formula is C9H14O2. The maximum absolute atomic E-state index is 8.38. The van der Waals surface area contributed by atoms with Gasteiger partial charge in [-0.2, -0.15) is 0 Å². The van der Waals surface area contributed by atoms with Crippen molar-refractivity contribution in [2.45, 2.75) is 27.1 Å². The molecule has 0 heterocycles. The lowest BCUT2D eigenvalue weighted by atomic mass is 9.98. The Labute approximate surface area is 67.6 Å². The van der Waals surface area contributed by atoms with Gasteiger partial charge in [0.1, 0.15) is 0 Å². The summed E-state index contributed by atoms with van der Waals surface area (Å²) in [5.41, 5.74) is -0.0370. The second kappa shape index (κ2) is 4.17. The van der Waals surface area contributed by atoms with E-state index in [9.17, 15) is 0 Å². The van der Waals surface area contributed by atoms with Gasteiger partial charge in [-0.15, -0.1) is 0 Å². The highest BCUT2D eigenvalue weighted by Crippen LogP contribution is 2.09. The van der Waals surface area contributed by atoms with Crippen molar-refractivity contribution in [3.63, 3.8) is 0 Å². The molecule has 0 aromatic rings. The monoisotopic (exact) mass is 154 g/mol. The van der Waals surface area contributed by atoms with Crippen LogP contribution in [0.3, 0.4) is 0 Å². The Balaban J connectivity index is 3.92. The molecule has 0 aliphatic carbocycles. The van der Waals surface area contributed by atoms with Crippen LogP contribution in [0.4, 0.5) is 0 Å². The van der Waals surface area contributed by atoms with E-state index >= 15 is 0 Å². The Bertz CT molecular complexity index is 186. The highest BCUT2D eigenvalue weighted by atomic mass is 16.5. The molecule has 0 saturated heterocycles. The van der Waals surface area contributed by atoms with Crippen molar-refractivity contribution in [1.29, 1.82) is 0 Å². The Morgan fingerprint density at radius 1 is 1.27 bits per heavy atom. The van der Waals surface area contributed by atoms with E-state index in [1.165, 1.54) is 12.2 Å². The normalized spacial score (nSPS) is 11.8. The highest BCUT2D eigenvalue weighted by molar-refractivity contribution is 5.19. The Kier molecular flexibility index (Phi) is 3.88. The first-order valence-electron chi connectivity index (χ1n) is 3.47. The minimum Gasteiger partial charge on any atom is -0.365 e. The Morgan fingerprint density at radius 2 is 1.82 bits per heavy atom. The first-order chi connectivity index (χ1) is 4.92. The van der Waals surface area contributed by atoms with E-state index in [-0.39, 0.29) is 5.41 Å². The fraction of sp³-hybridized carbons (Fsp3) is 0.556. The summed E-state index contributed by atoms with van der Waals surface area (Å²) in [4.78, 5) is 0. The first-order valence-corrected chi connectivity index (χ1v) is 3.47. The summed E-state index contributed by atoms with van der Waals surface area (Å²) in [6.45, 7) is 5.97. The molecule has 2 heteroatoms. The number of aliphatic hydroxyl groups is 2. The van der Waals surface area contributed by atoms with Gasteiger partial charge in [-0.3, -0.25) is 0 Å². The molecule has 0 saturated carbocycles. The average molecular weight is 154 g/mol. The van der Waals surface area contributed by atoms with Crippen LogP contribution in [0.25, 0.3) is 0 Å². The third-order valence-electron chi connectivity index (χ3n) is 0.799. The number of hydrogen-bond acceptors (Lipinski definition) is 2. The fourth-order valence-electron chi connectivity index (χ4n) is 0.392. The minimum atomic E-state index is -1.40. The van der Waals surface area contributed by atoms with Gasteiger partial charge in [0.25, 0.3) is 0 Å². The van der Waals surface area contributed by atoms with Crippen LogP contribution in [0.15, 0.2) is 12.2 Å². The van der Waals surface area contributed by atoms with Gasteiger partial charge < -0.3 is 10.2 Å². The lowest BCUT2D eigenvalue weighted by molar-refractivity contribution is 0.00242. The molecule has 11 heavy (non-hydrogen) atoms. The van der Waals surface area contributed by atoms with Crippen LogP contribution < -0.4 is 0 Å². The molecule has 62 valence electrons. The molecule has 0 aromatic carbocycles. The van der Waals surface area contributed by atoms with Crippen LogP contribution in [-0.4, -0.2) is 16.5 Å². The van der Waals surface area contributed by atoms with Gasteiger partial charge in [-0.25, -0.2) is 0 Å². The van der Waals surface area contributed by atoms with Crippen LogP contribution in [-0.2, 0) is 0 Å². The molecule has 0 aliphatic rings. The van der Waals surface area contributed by atoms with E-state index in [0.29, 0.717) is 0 Å². The molecule has 2 N–H and O–H groups in total. The third kappa shape index (κ3) is 9.22. The van der Waals surface area contributed by atoms with E-state index in [4.69, 9.17) is 10.2 Å². The summed E-state index contributed by atoms with van der Waals surface area (Å²) < 4.78 is 0. The molecule has 0 aromatic heterocycles. The van der Waals surface area contributed by atoms with Gasteiger partial charge in [-0.05, 0) is 32.9 Å². The standard InChI is InChI=1S/C9H14O2/c1-9(2,3)7-5-4-6-8(10)11/h4,6,8,10-11H,1-3H3/b6-4+. The zero-order chi connectivity index (χ0) is 8.91. The summed E-state index contributed by atoms with van der Waals surface area (Å²) in [6.07, 6.45) is 1.26. The van der Waals surface area contributed by atoms with Gasteiger partial charge in [0.2, 0.25) is 0 Å². The van der Waals surface area contributed by atoms with Crippen molar-refractivity contribution >= 4 is 0 Å². The quantitative estimate of drug-likeness (QED) is 0.435. The zero-order valence-electron chi connectivity index (χ0n) is 7.13. The predicted octanol–water partition coefficient (Wildman–Crippen LogP) is 0.903. The van der Waals surface area contributed by atoms with E-state index in [1.807, 2.05) is 20.8 Å². The van der Waals surface area contributed by atoms with E-state index in [0.717, 1.165) is 0 Å².